The van der Waals surface area contributed by atoms with E-state index in [2.05, 4.69) is 5.32 Å². The number of halogens is 1. The summed E-state index contributed by atoms with van der Waals surface area (Å²) in [5.41, 5.74) is 0.867. The molecule has 0 aliphatic carbocycles. The zero-order valence-electron chi connectivity index (χ0n) is 13.2. The number of hydrogen-bond acceptors (Lipinski definition) is 3. The van der Waals surface area contributed by atoms with Crippen LogP contribution in [0.3, 0.4) is 0 Å². The first-order valence-corrected chi connectivity index (χ1v) is 7.66. The molecule has 0 saturated carbocycles. The number of nitrogens with zero attached hydrogens (tertiary/aromatic N) is 2. The van der Waals surface area contributed by atoms with Gasteiger partial charge in [-0.1, -0.05) is 6.07 Å². The number of carbonyl (C=O) groups is 2. The summed E-state index contributed by atoms with van der Waals surface area (Å²) in [5.74, 6) is -0.595. The Hall–Kier alpha value is -2.31. The molecule has 3 amide bonds. The van der Waals surface area contributed by atoms with Gasteiger partial charge in [0.05, 0.1) is 12.1 Å². The van der Waals surface area contributed by atoms with Crippen LogP contribution in [0.5, 0.6) is 5.75 Å². The molecule has 1 aromatic carbocycles. The largest absolute Gasteiger partial charge is 0.481 e. The molecule has 6 nitrogen and oxygen atoms in total. The molecule has 1 aromatic rings. The average Bonchev–Trinajstić information content (AvgIpc) is 2.82. The first kappa shape index (κ1) is 15.6. The van der Waals surface area contributed by atoms with Crippen molar-refractivity contribution in [1.29, 1.82) is 0 Å². The molecule has 2 fully saturated rings. The predicted octanol–water partition coefficient (Wildman–Crippen LogP) is 1.14. The molecule has 0 bridgehead atoms. The van der Waals surface area contributed by atoms with E-state index in [1.54, 1.807) is 29.0 Å². The van der Waals surface area contributed by atoms with Gasteiger partial charge in [-0.25, -0.2) is 9.18 Å². The molecule has 0 radical (unpaired) electrons. The summed E-state index contributed by atoms with van der Waals surface area (Å²) in [6.45, 7) is 2.65. The number of hydrogen-bond donors (Lipinski definition) is 1. The number of likely N-dealkylation sites (N-methyl/N-ethyl adjacent to an activating group) is 1. The topological polar surface area (TPSA) is 61.9 Å². The normalized spacial score (nSPS) is 23.5. The van der Waals surface area contributed by atoms with Gasteiger partial charge in [0.25, 0.3) is 5.91 Å². The molecule has 2 saturated heterocycles. The minimum absolute atomic E-state index is 0.0547. The highest BCUT2D eigenvalue weighted by Gasteiger charge is 2.41. The molecule has 2 heterocycles. The Kier molecular flexibility index (Phi) is 4.11. The molecule has 1 N–H and O–H groups in total. The molecular weight excluding hydrogens is 301 g/mol. The van der Waals surface area contributed by atoms with Crippen molar-refractivity contribution in [3.8, 4) is 5.75 Å². The number of rotatable bonds is 3. The summed E-state index contributed by atoms with van der Waals surface area (Å²) in [6, 6.07) is 4.51. The van der Waals surface area contributed by atoms with Crippen LogP contribution >= 0.6 is 0 Å². The van der Waals surface area contributed by atoms with Crippen LogP contribution in [0.2, 0.25) is 0 Å². The van der Waals surface area contributed by atoms with Crippen molar-refractivity contribution in [1.82, 2.24) is 15.1 Å². The Morgan fingerprint density at radius 3 is 3.04 bits per heavy atom. The fraction of sp³-hybridized carbons (Fsp3) is 0.500. The Morgan fingerprint density at radius 1 is 1.48 bits per heavy atom. The van der Waals surface area contributed by atoms with Crippen molar-refractivity contribution >= 4 is 11.9 Å². The van der Waals surface area contributed by atoms with Crippen molar-refractivity contribution in [2.24, 2.45) is 0 Å². The quantitative estimate of drug-likeness (QED) is 0.908. The zero-order valence-corrected chi connectivity index (χ0v) is 13.2. The lowest BCUT2D eigenvalue weighted by Gasteiger charge is -2.35. The van der Waals surface area contributed by atoms with E-state index in [4.69, 9.17) is 4.74 Å². The Morgan fingerprint density at radius 2 is 2.26 bits per heavy atom. The summed E-state index contributed by atoms with van der Waals surface area (Å²) in [5, 5.41) is 2.87. The fourth-order valence-electron chi connectivity index (χ4n) is 3.13. The molecule has 2 atom stereocenters. The van der Waals surface area contributed by atoms with E-state index in [0.29, 0.717) is 13.1 Å². The van der Waals surface area contributed by atoms with Crippen LogP contribution in [0.4, 0.5) is 9.18 Å². The standard InChI is InChI=1S/C16H20FN3O3/c1-10-3-4-11(17)14(7-10)23-9-15(21)20-6-5-13-12(8-20)18-16(22)19(13)2/h3-4,7,12-13H,5-6,8-9H2,1-2H3,(H,18,22)/t12-,13+/m1/s1. The number of piperidine rings is 1. The number of ether oxygens (including phenoxy) is 1. The van der Waals surface area contributed by atoms with Crippen molar-refractivity contribution in [2.75, 3.05) is 26.7 Å². The SMILES string of the molecule is Cc1ccc(F)c(OCC(=O)N2CC[C@H]3[C@@H](C2)NC(=O)N3C)c1. The van der Waals surface area contributed by atoms with Crippen LogP contribution in [0, 0.1) is 12.7 Å². The number of carbonyl (C=O) groups excluding carboxylic acids is 2. The predicted molar refractivity (Wildman–Crippen MR) is 81.7 cm³/mol. The van der Waals surface area contributed by atoms with Gasteiger partial charge in [-0.3, -0.25) is 4.79 Å². The summed E-state index contributed by atoms with van der Waals surface area (Å²) in [6.07, 6.45) is 0.727. The highest BCUT2D eigenvalue weighted by Crippen LogP contribution is 2.22. The van der Waals surface area contributed by atoms with Crippen LogP contribution in [-0.4, -0.2) is 60.6 Å². The summed E-state index contributed by atoms with van der Waals surface area (Å²) in [4.78, 5) is 27.3. The smallest absolute Gasteiger partial charge is 0.317 e. The second-order valence-corrected chi connectivity index (χ2v) is 6.09. The lowest BCUT2D eigenvalue weighted by molar-refractivity contribution is -0.135. The lowest BCUT2D eigenvalue weighted by Crippen LogP contribution is -2.53. The van der Waals surface area contributed by atoms with Crippen molar-refractivity contribution < 1.29 is 18.7 Å². The number of urea groups is 1. The second-order valence-electron chi connectivity index (χ2n) is 6.09. The molecule has 0 aromatic heterocycles. The Balaban J connectivity index is 1.57. The van der Waals surface area contributed by atoms with Gasteiger partial charge in [-0.15, -0.1) is 0 Å². The Bertz CT molecular complexity index is 637. The van der Waals surface area contributed by atoms with Gasteiger partial charge in [0, 0.05) is 20.1 Å². The minimum atomic E-state index is -0.480. The monoisotopic (exact) mass is 321 g/mol. The summed E-state index contributed by atoms with van der Waals surface area (Å²) in [7, 11) is 1.76. The van der Waals surface area contributed by atoms with Crippen LogP contribution < -0.4 is 10.1 Å². The summed E-state index contributed by atoms with van der Waals surface area (Å²) < 4.78 is 18.9. The number of benzene rings is 1. The maximum atomic E-state index is 13.6. The maximum Gasteiger partial charge on any atom is 0.317 e. The van der Waals surface area contributed by atoms with E-state index in [1.807, 2.05) is 6.92 Å². The highest BCUT2D eigenvalue weighted by atomic mass is 19.1. The van der Waals surface area contributed by atoms with E-state index in [9.17, 15) is 14.0 Å². The highest BCUT2D eigenvalue weighted by molar-refractivity contribution is 5.80. The number of aryl methyl sites for hydroxylation is 1. The third-order valence-electron chi connectivity index (χ3n) is 4.49. The number of likely N-dealkylation sites (tertiary alicyclic amines) is 1. The number of amides is 3. The van der Waals surface area contributed by atoms with E-state index in [1.165, 1.54) is 6.07 Å². The molecule has 23 heavy (non-hydrogen) atoms. The second kappa shape index (κ2) is 6.06. The van der Waals surface area contributed by atoms with E-state index in [-0.39, 0.29) is 36.4 Å². The first-order chi connectivity index (χ1) is 11.0. The van der Waals surface area contributed by atoms with Gasteiger partial charge < -0.3 is 19.9 Å². The zero-order chi connectivity index (χ0) is 16.6. The van der Waals surface area contributed by atoms with Gasteiger partial charge in [0.15, 0.2) is 18.2 Å². The van der Waals surface area contributed by atoms with Crippen molar-refractivity contribution in [2.45, 2.75) is 25.4 Å². The molecule has 124 valence electrons. The van der Waals surface area contributed by atoms with Gasteiger partial charge in [-0.05, 0) is 31.0 Å². The molecule has 2 aliphatic rings. The van der Waals surface area contributed by atoms with Gasteiger partial charge in [0.1, 0.15) is 0 Å². The van der Waals surface area contributed by atoms with Crippen LogP contribution in [0.25, 0.3) is 0 Å². The Labute approximate surface area is 134 Å². The average molecular weight is 321 g/mol. The maximum absolute atomic E-state index is 13.6. The fourth-order valence-corrected chi connectivity index (χ4v) is 3.13. The molecule has 7 heteroatoms. The first-order valence-electron chi connectivity index (χ1n) is 7.66. The van der Waals surface area contributed by atoms with Gasteiger partial charge in [-0.2, -0.15) is 0 Å². The minimum Gasteiger partial charge on any atom is -0.481 e. The molecular formula is C16H20FN3O3. The van der Waals surface area contributed by atoms with Crippen LogP contribution in [0.15, 0.2) is 18.2 Å². The van der Waals surface area contributed by atoms with Crippen LogP contribution in [0.1, 0.15) is 12.0 Å². The molecule has 0 unspecified atom stereocenters. The van der Waals surface area contributed by atoms with Crippen molar-refractivity contribution in [3.63, 3.8) is 0 Å². The van der Waals surface area contributed by atoms with Crippen LogP contribution in [-0.2, 0) is 4.79 Å². The van der Waals surface area contributed by atoms with E-state index >= 15 is 0 Å². The van der Waals surface area contributed by atoms with Gasteiger partial charge >= 0.3 is 6.03 Å². The molecule has 2 aliphatic heterocycles. The molecule has 3 rings (SSSR count). The number of nitrogens with one attached hydrogen (secondary N) is 1. The lowest BCUT2D eigenvalue weighted by atomic mass is 10.0. The third-order valence-corrected chi connectivity index (χ3v) is 4.49. The van der Waals surface area contributed by atoms with E-state index in [0.717, 1.165) is 12.0 Å². The molecule has 0 spiro atoms. The summed E-state index contributed by atoms with van der Waals surface area (Å²) >= 11 is 0. The number of fused-ring (bicyclic) bond motifs is 1. The van der Waals surface area contributed by atoms with Crippen molar-refractivity contribution in [3.05, 3.63) is 29.6 Å². The van der Waals surface area contributed by atoms with Gasteiger partial charge in [0.2, 0.25) is 0 Å². The van der Waals surface area contributed by atoms with E-state index < -0.39 is 5.82 Å². The third kappa shape index (κ3) is 3.09.